The highest BCUT2D eigenvalue weighted by Gasteiger charge is 2.13. The molecule has 0 unspecified atom stereocenters. The van der Waals surface area contributed by atoms with Crippen LogP contribution in [0.1, 0.15) is 22.3 Å². The highest BCUT2D eigenvalue weighted by molar-refractivity contribution is 6.35. The molecule has 0 aliphatic rings. The number of nitrogens with two attached hydrogens (primary N) is 4. The van der Waals surface area contributed by atoms with Crippen LogP contribution in [-0.4, -0.2) is 10.2 Å². The second-order valence-corrected chi connectivity index (χ2v) is 9.79. The first-order valence-electron chi connectivity index (χ1n) is 11.6. The largest absolute Gasteiger partial charge is 0.506 e. The van der Waals surface area contributed by atoms with Crippen LogP contribution in [0, 0.1) is 27.7 Å². The van der Waals surface area contributed by atoms with Gasteiger partial charge < -0.3 is 43.8 Å². The number of halogens is 2. The Bertz CT molecular complexity index is 1510. The molecular weight excluding hydrogens is 523 g/mol. The number of hydrogen-bond donors (Lipinski definition) is 8. The van der Waals surface area contributed by atoms with Crippen molar-refractivity contribution in [2.24, 2.45) is 0 Å². The molecule has 0 atom stereocenters. The number of phenolic OH excluding ortho intramolecular Hbond substituents is 2. The minimum Gasteiger partial charge on any atom is -0.506 e. The summed E-state index contributed by atoms with van der Waals surface area (Å²) in [5.74, 6) is 0.0250. The predicted molar refractivity (Wildman–Crippen MR) is 162 cm³/mol. The number of benzene rings is 4. The quantitative estimate of drug-likeness (QED) is 0.0970. The molecule has 12 N–H and O–H groups in total. The van der Waals surface area contributed by atoms with Crippen molar-refractivity contribution < 1.29 is 10.2 Å². The average Bonchev–Trinajstić information content (AvgIpc) is 2.87. The van der Waals surface area contributed by atoms with Gasteiger partial charge in [0, 0.05) is 22.7 Å². The molecule has 4 aromatic carbocycles. The van der Waals surface area contributed by atoms with Crippen LogP contribution >= 0.6 is 23.2 Å². The van der Waals surface area contributed by atoms with Crippen LogP contribution in [0.2, 0.25) is 10.0 Å². The zero-order valence-electron chi connectivity index (χ0n) is 21.6. The van der Waals surface area contributed by atoms with Crippen molar-refractivity contribution in [2.75, 3.05) is 33.6 Å². The fourth-order valence-electron chi connectivity index (χ4n) is 3.65. The SMILES string of the molecule is Cc1cc(N)ccc1Nc1cc(C)c(O)c(Cl)c1N.Cc1cc(Nc2cc(C)c(O)c(Cl)c2N)ccc1N. The Morgan fingerprint density at radius 3 is 1.61 bits per heavy atom. The Morgan fingerprint density at radius 2 is 1.11 bits per heavy atom. The lowest BCUT2D eigenvalue weighted by Gasteiger charge is -2.15. The molecule has 0 amide bonds. The maximum Gasteiger partial charge on any atom is 0.139 e. The number of aryl methyl sites for hydroxylation is 4. The van der Waals surface area contributed by atoms with Gasteiger partial charge in [-0.25, -0.2) is 0 Å². The van der Waals surface area contributed by atoms with Gasteiger partial charge in [0.05, 0.1) is 22.7 Å². The van der Waals surface area contributed by atoms with Crippen LogP contribution in [0.5, 0.6) is 11.5 Å². The van der Waals surface area contributed by atoms with E-state index in [9.17, 15) is 10.2 Å². The summed E-state index contributed by atoms with van der Waals surface area (Å²) in [7, 11) is 0. The van der Waals surface area contributed by atoms with E-state index in [0.29, 0.717) is 39.6 Å². The van der Waals surface area contributed by atoms with Gasteiger partial charge in [0.25, 0.3) is 0 Å². The Labute approximate surface area is 232 Å². The Hall–Kier alpha value is -4.14. The minimum absolute atomic E-state index is 0.0122. The first kappa shape index (κ1) is 28.4. The molecule has 200 valence electrons. The highest BCUT2D eigenvalue weighted by atomic mass is 35.5. The summed E-state index contributed by atoms with van der Waals surface area (Å²) in [5.41, 5.74) is 31.7. The van der Waals surface area contributed by atoms with E-state index in [-0.39, 0.29) is 21.5 Å². The molecule has 4 rings (SSSR count). The van der Waals surface area contributed by atoms with E-state index < -0.39 is 0 Å². The maximum atomic E-state index is 9.71. The number of nitrogen functional groups attached to an aromatic ring is 4. The lowest BCUT2D eigenvalue weighted by Crippen LogP contribution is -2.00. The second-order valence-electron chi connectivity index (χ2n) is 9.03. The smallest absolute Gasteiger partial charge is 0.139 e. The molecule has 0 heterocycles. The van der Waals surface area contributed by atoms with Crippen molar-refractivity contribution >= 4 is 68.7 Å². The number of aromatic hydroxyl groups is 2. The van der Waals surface area contributed by atoms with E-state index in [1.165, 1.54) is 0 Å². The van der Waals surface area contributed by atoms with E-state index in [1.54, 1.807) is 32.0 Å². The summed E-state index contributed by atoms with van der Waals surface area (Å²) in [6.07, 6.45) is 0. The molecule has 38 heavy (non-hydrogen) atoms. The summed E-state index contributed by atoms with van der Waals surface area (Å²) in [6.45, 7) is 7.41. The van der Waals surface area contributed by atoms with Crippen molar-refractivity contribution in [3.05, 3.63) is 80.8 Å². The number of nitrogens with one attached hydrogen (secondary N) is 2. The monoisotopic (exact) mass is 554 g/mol. The predicted octanol–water partition coefficient (Wildman–Crippen LogP) is 7.14. The minimum atomic E-state index is 0.0122. The number of rotatable bonds is 4. The summed E-state index contributed by atoms with van der Waals surface area (Å²) in [5, 5.41) is 26.1. The molecule has 0 bridgehead atoms. The molecule has 10 heteroatoms. The van der Waals surface area contributed by atoms with Gasteiger partial charge in [-0.3, -0.25) is 0 Å². The Morgan fingerprint density at radius 1 is 0.579 bits per heavy atom. The molecule has 0 spiro atoms. The molecule has 0 saturated carbocycles. The molecule has 0 saturated heterocycles. The third-order valence-electron chi connectivity index (χ3n) is 6.01. The van der Waals surface area contributed by atoms with Crippen LogP contribution in [-0.2, 0) is 0 Å². The van der Waals surface area contributed by atoms with E-state index >= 15 is 0 Å². The summed E-state index contributed by atoms with van der Waals surface area (Å²) >= 11 is 12.0. The Balaban J connectivity index is 0.000000211. The van der Waals surface area contributed by atoms with E-state index in [1.807, 2.05) is 44.2 Å². The molecule has 8 nitrogen and oxygen atoms in total. The fraction of sp³-hybridized carbons (Fsp3) is 0.143. The van der Waals surface area contributed by atoms with Crippen LogP contribution in [0.4, 0.5) is 45.5 Å². The van der Waals surface area contributed by atoms with Crippen LogP contribution in [0.3, 0.4) is 0 Å². The molecule has 0 fully saturated rings. The van der Waals surface area contributed by atoms with Gasteiger partial charge in [0.15, 0.2) is 0 Å². The van der Waals surface area contributed by atoms with Gasteiger partial charge in [0.1, 0.15) is 21.5 Å². The van der Waals surface area contributed by atoms with Crippen LogP contribution < -0.4 is 33.6 Å². The number of phenols is 2. The molecule has 0 radical (unpaired) electrons. The van der Waals surface area contributed by atoms with E-state index in [4.69, 9.17) is 46.1 Å². The lowest BCUT2D eigenvalue weighted by atomic mass is 10.1. The first-order valence-corrected chi connectivity index (χ1v) is 12.4. The lowest BCUT2D eigenvalue weighted by molar-refractivity contribution is 0.471. The number of hydrogen-bond acceptors (Lipinski definition) is 8. The van der Waals surface area contributed by atoms with Gasteiger partial charge in [0.2, 0.25) is 0 Å². The van der Waals surface area contributed by atoms with Crippen molar-refractivity contribution in [3.8, 4) is 11.5 Å². The molecule has 0 aliphatic heterocycles. The maximum absolute atomic E-state index is 9.71. The normalized spacial score (nSPS) is 10.5. The van der Waals surface area contributed by atoms with Crippen LogP contribution in [0.25, 0.3) is 0 Å². The second kappa shape index (κ2) is 11.5. The fourth-order valence-corrected chi connectivity index (χ4v) is 4.15. The molecule has 0 aromatic heterocycles. The van der Waals surface area contributed by atoms with Gasteiger partial charge in [-0.05, 0) is 98.5 Å². The zero-order chi connectivity index (χ0) is 28.3. The van der Waals surface area contributed by atoms with Gasteiger partial charge in [-0.15, -0.1) is 0 Å². The van der Waals surface area contributed by atoms with Crippen molar-refractivity contribution in [2.45, 2.75) is 27.7 Å². The summed E-state index contributed by atoms with van der Waals surface area (Å²) in [4.78, 5) is 0. The molecule has 4 aromatic rings. The van der Waals surface area contributed by atoms with E-state index in [0.717, 1.165) is 28.2 Å². The zero-order valence-corrected chi connectivity index (χ0v) is 23.1. The standard InChI is InChI=1S/2C14H16ClN3O/c1-7-5-9(3-4-10(7)16)18-11-6-8(2)14(19)12(15)13(11)17;1-7-5-9(16)3-4-10(7)18-11-6-8(2)14(19)12(15)13(11)17/h2*3-6,18-19H,16-17H2,1-2H3. The van der Waals surface area contributed by atoms with Gasteiger partial charge in [-0.1, -0.05) is 23.2 Å². The third kappa shape index (κ3) is 6.22. The third-order valence-corrected chi connectivity index (χ3v) is 6.77. The summed E-state index contributed by atoms with van der Waals surface area (Å²) in [6, 6.07) is 14.7. The van der Waals surface area contributed by atoms with Crippen LogP contribution in [0.15, 0.2) is 48.5 Å². The molecule has 0 aliphatic carbocycles. The average molecular weight is 556 g/mol. The highest BCUT2D eigenvalue weighted by Crippen LogP contribution is 2.40. The van der Waals surface area contributed by atoms with E-state index in [2.05, 4.69) is 10.6 Å². The van der Waals surface area contributed by atoms with Crippen molar-refractivity contribution in [1.29, 1.82) is 0 Å². The Kier molecular flexibility index (Phi) is 8.60. The van der Waals surface area contributed by atoms with Gasteiger partial charge >= 0.3 is 0 Å². The van der Waals surface area contributed by atoms with Crippen molar-refractivity contribution in [1.82, 2.24) is 0 Å². The topological polar surface area (TPSA) is 169 Å². The first-order chi connectivity index (χ1) is 17.8. The van der Waals surface area contributed by atoms with Crippen molar-refractivity contribution in [3.63, 3.8) is 0 Å². The summed E-state index contributed by atoms with van der Waals surface area (Å²) < 4.78 is 0. The molecular formula is C28H32Cl2N6O2. The van der Waals surface area contributed by atoms with Gasteiger partial charge in [-0.2, -0.15) is 0 Å². The number of anilines is 8.